The zero-order valence-corrected chi connectivity index (χ0v) is 10.3. The van der Waals surface area contributed by atoms with Crippen molar-refractivity contribution in [3.05, 3.63) is 30.3 Å². The first-order chi connectivity index (χ1) is 8.18. The van der Waals surface area contributed by atoms with Gasteiger partial charge in [0.2, 0.25) is 0 Å². The Balaban J connectivity index is 2.10. The summed E-state index contributed by atoms with van der Waals surface area (Å²) >= 11 is 0. The van der Waals surface area contributed by atoms with Gasteiger partial charge in [0, 0.05) is 13.2 Å². The summed E-state index contributed by atoms with van der Waals surface area (Å²) < 4.78 is 10.4. The molecule has 0 saturated carbocycles. The Bertz CT molecular complexity index is 325. The number of para-hydroxylation sites is 1. The molecule has 0 radical (unpaired) electrons. The van der Waals surface area contributed by atoms with Gasteiger partial charge in [-0.2, -0.15) is 0 Å². The molecule has 94 valence electrons. The fraction of sp³-hybridized carbons (Fsp3) is 0.462. The molecule has 1 aromatic carbocycles. The maximum atomic E-state index is 11.3. The average Bonchev–Trinajstić information content (AvgIpc) is 2.29. The van der Waals surface area contributed by atoms with E-state index in [2.05, 4.69) is 5.32 Å². The molecule has 1 N–H and O–H groups in total. The van der Waals surface area contributed by atoms with E-state index in [0.717, 1.165) is 6.42 Å². The summed E-state index contributed by atoms with van der Waals surface area (Å²) in [5.41, 5.74) is 0. The average molecular weight is 237 g/mol. The highest BCUT2D eigenvalue weighted by atomic mass is 16.6. The molecule has 0 aliphatic carbocycles. The van der Waals surface area contributed by atoms with Crippen LogP contribution in [0.25, 0.3) is 0 Å². The van der Waals surface area contributed by atoms with Crippen molar-refractivity contribution in [1.82, 2.24) is 5.32 Å². The molecule has 0 unspecified atom stereocenters. The molecule has 17 heavy (non-hydrogen) atoms. The van der Waals surface area contributed by atoms with E-state index in [1.54, 1.807) is 12.1 Å². The number of amides is 1. The third-order valence-electron chi connectivity index (χ3n) is 2.00. The standard InChI is InChI=1S/C13H19NO3/c1-11(2)16-10-6-9-14-13(15)17-12-7-4-3-5-8-12/h3-5,7-8,11H,6,9-10H2,1-2H3,(H,14,15). The summed E-state index contributed by atoms with van der Waals surface area (Å²) in [6.45, 7) is 5.16. The van der Waals surface area contributed by atoms with Crippen LogP contribution in [0.3, 0.4) is 0 Å². The van der Waals surface area contributed by atoms with Gasteiger partial charge >= 0.3 is 6.09 Å². The highest BCUT2D eigenvalue weighted by molar-refractivity contribution is 5.70. The van der Waals surface area contributed by atoms with Crippen molar-refractivity contribution in [1.29, 1.82) is 0 Å². The third kappa shape index (κ3) is 6.58. The number of nitrogens with one attached hydrogen (secondary N) is 1. The third-order valence-corrected chi connectivity index (χ3v) is 2.00. The molecular formula is C13H19NO3. The lowest BCUT2D eigenvalue weighted by molar-refractivity contribution is 0.0771. The van der Waals surface area contributed by atoms with Crippen molar-refractivity contribution in [2.45, 2.75) is 26.4 Å². The van der Waals surface area contributed by atoms with E-state index in [1.165, 1.54) is 0 Å². The zero-order valence-electron chi connectivity index (χ0n) is 10.3. The van der Waals surface area contributed by atoms with Gasteiger partial charge in [-0.3, -0.25) is 0 Å². The summed E-state index contributed by atoms with van der Waals surface area (Å²) in [5.74, 6) is 0.545. The molecule has 0 aliphatic heterocycles. The number of hydrogen-bond acceptors (Lipinski definition) is 3. The van der Waals surface area contributed by atoms with Gasteiger partial charge in [0.1, 0.15) is 5.75 Å². The van der Waals surface area contributed by atoms with Gasteiger partial charge < -0.3 is 14.8 Å². The summed E-state index contributed by atoms with van der Waals surface area (Å²) in [6, 6.07) is 8.98. The van der Waals surface area contributed by atoms with Gasteiger partial charge in [-0.1, -0.05) is 18.2 Å². The lowest BCUT2D eigenvalue weighted by Gasteiger charge is -2.08. The maximum Gasteiger partial charge on any atom is 0.412 e. The number of ether oxygens (including phenoxy) is 2. The van der Waals surface area contributed by atoms with E-state index in [9.17, 15) is 4.79 Å². The first kappa shape index (κ1) is 13.5. The van der Waals surface area contributed by atoms with E-state index < -0.39 is 6.09 Å². The van der Waals surface area contributed by atoms with Crippen molar-refractivity contribution in [2.75, 3.05) is 13.2 Å². The van der Waals surface area contributed by atoms with Crippen LogP contribution in [-0.2, 0) is 4.74 Å². The van der Waals surface area contributed by atoms with Crippen molar-refractivity contribution in [3.8, 4) is 5.75 Å². The molecular weight excluding hydrogens is 218 g/mol. The lowest BCUT2D eigenvalue weighted by atomic mass is 10.3. The maximum absolute atomic E-state index is 11.3. The fourth-order valence-corrected chi connectivity index (χ4v) is 1.21. The summed E-state index contributed by atoms with van der Waals surface area (Å²) in [7, 11) is 0. The number of rotatable bonds is 6. The van der Waals surface area contributed by atoms with E-state index in [0.29, 0.717) is 18.9 Å². The SMILES string of the molecule is CC(C)OCCCNC(=O)Oc1ccccc1. The van der Waals surface area contributed by atoms with Crippen LogP contribution in [0.4, 0.5) is 4.79 Å². The molecule has 0 saturated heterocycles. The summed E-state index contributed by atoms with van der Waals surface area (Å²) in [6.07, 6.45) is 0.578. The van der Waals surface area contributed by atoms with Crippen molar-refractivity contribution in [2.24, 2.45) is 0 Å². The lowest BCUT2D eigenvalue weighted by Crippen LogP contribution is -2.28. The monoisotopic (exact) mass is 237 g/mol. The van der Waals surface area contributed by atoms with Crippen molar-refractivity contribution >= 4 is 6.09 Å². The van der Waals surface area contributed by atoms with Gasteiger partial charge in [-0.15, -0.1) is 0 Å². The van der Waals surface area contributed by atoms with Crippen LogP contribution in [-0.4, -0.2) is 25.3 Å². The summed E-state index contributed by atoms with van der Waals surface area (Å²) in [5, 5.41) is 2.66. The van der Waals surface area contributed by atoms with Crippen molar-refractivity contribution in [3.63, 3.8) is 0 Å². The molecule has 0 aliphatic rings. The molecule has 0 aromatic heterocycles. The number of hydrogen-bond donors (Lipinski definition) is 1. The Kier molecular flexibility index (Phi) is 6.10. The zero-order chi connectivity index (χ0) is 12.5. The number of carbonyl (C=O) groups excluding carboxylic acids is 1. The Hall–Kier alpha value is -1.55. The Morgan fingerprint density at radius 1 is 1.29 bits per heavy atom. The van der Waals surface area contributed by atoms with Crippen molar-refractivity contribution < 1.29 is 14.3 Å². The van der Waals surface area contributed by atoms with Crippen LogP contribution in [0.15, 0.2) is 30.3 Å². The van der Waals surface area contributed by atoms with E-state index >= 15 is 0 Å². The molecule has 4 nitrogen and oxygen atoms in total. The molecule has 0 bridgehead atoms. The van der Waals surface area contributed by atoms with Gasteiger partial charge in [0.25, 0.3) is 0 Å². The minimum absolute atomic E-state index is 0.228. The van der Waals surface area contributed by atoms with Gasteiger partial charge in [0.15, 0.2) is 0 Å². The second-order valence-corrected chi connectivity index (χ2v) is 3.90. The second-order valence-electron chi connectivity index (χ2n) is 3.90. The smallest absolute Gasteiger partial charge is 0.410 e. The molecule has 0 fully saturated rings. The van der Waals surface area contributed by atoms with Crippen LogP contribution in [0, 0.1) is 0 Å². The number of benzene rings is 1. The predicted molar refractivity (Wildman–Crippen MR) is 66.2 cm³/mol. The van der Waals surface area contributed by atoms with Gasteiger partial charge in [0.05, 0.1) is 6.10 Å². The van der Waals surface area contributed by atoms with Crippen LogP contribution in [0.1, 0.15) is 20.3 Å². The fourth-order valence-electron chi connectivity index (χ4n) is 1.21. The minimum Gasteiger partial charge on any atom is -0.410 e. The van der Waals surface area contributed by atoms with E-state index in [-0.39, 0.29) is 6.10 Å². The topological polar surface area (TPSA) is 47.6 Å². The molecule has 1 rings (SSSR count). The van der Waals surface area contributed by atoms with E-state index in [4.69, 9.17) is 9.47 Å². The van der Waals surface area contributed by atoms with Crippen LogP contribution in [0.2, 0.25) is 0 Å². The molecule has 1 aromatic rings. The second kappa shape index (κ2) is 7.68. The van der Waals surface area contributed by atoms with Gasteiger partial charge in [-0.25, -0.2) is 4.79 Å². The first-order valence-electron chi connectivity index (χ1n) is 5.81. The minimum atomic E-state index is -0.430. The molecule has 0 spiro atoms. The quantitative estimate of drug-likeness (QED) is 0.773. The van der Waals surface area contributed by atoms with Crippen LogP contribution < -0.4 is 10.1 Å². The largest absolute Gasteiger partial charge is 0.412 e. The van der Waals surface area contributed by atoms with Crippen LogP contribution >= 0.6 is 0 Å². The highest BCUT2D eigenvalue weighted by Crippen LogP contribution is 2.07. The first-order valence-corrected chi connectivity index (χ1v) is 5.81. The molecule has 1 amide bonds. The molecule has 0 heterocycles. The Morgan fingerprint density at radius 3 is 2.65 bits per heavy atom. The molecule has 0 atom stereocenters. The van der Waals surface area contributed by atoms with Gasteiger partial charge in [-0.05, 0) is 32.4 Å². The molecule has 4 heteroatoms. The van der Waals surface area contributed by atoms with E-state index in [1.807, 2.05) is 32.0 Å². The predicted octanol–water partition coefficient (Wildman–Crippen LogP) is 2.59. The van der Waals surface area contributed by atoms with Crippen LogP contribution in [0.5, 0.6) is 5.75 Å². The summed E-state index contributed by atoms with van der Waals surface area (Å²) in [4.78, 5) is 11.3. The highest BCUT2D eigenvalue weighted by Gasteiger charge is 2.02. The normalized spacial score (nSPS) is 10.3. The number of carbonyl (C=O) groups is 1. The Morgan fingerprint density at radius 2 is 2.00 bits per heavy atom. The Labute approximate surface area is 102 Å².